The van der Waals surface area contributed by atoms with Gasteiger partial charge in [0, 0.05) is 6.08 Å². The summed E-state index contributed by atoms with van der Waals surface area (Å²) in [5, 5.41) is 0. The molecule has 0 saturated carbocycles. The first-order chi connectivity index (χ1) is 9.30. The number of hydrogen-bond donors (Lipinski definition) is 2. The first kappa shape index (κ1) is 21.8. The van der Waals surface area contributed by atoms with E-state index in [9.17, 15) is 18.0 Å². The zero-order chi connectivity index (χ0) is 15.6. The fourth-order valence-electron chi connectivity index (χ4n) is 1.35. The third kappa shape index (κ3) is 12.0. The van der Waals surface area contributed by atoms with Gasteiger partial charge >= 0.3 is 11.9 Å². The minimum atomic E-state index is -4.16. The second-order valence-corrected chi connectivity index (χ2v) is 5.64. The van der Waals surface area contributed by atoms with Crippen molar-refractivity contribution in [2.75, 3.05) is 19.0 Å². The minimum absolute atomic E-state index is 0. The number of allylic oxidation sites excluding steroid dienone is 1. The molecule has 0 saturated heterocycles. The molecule has 0 aromatic carbocycles. The van der Waals surface area contributed by atoms with Crippen LogP contribution >= 0.6 is 0 Å². The number of esters is 2. The Hall–Kier alpha value is -1.45. The Balaban J connectivity index is 0. The van der Waals surface area contributed by atoms with Gasteiger partial charge in [-0.2, -0.15) is 8.42 Å². The Kier molecular flexibility index (Phi) is 11.7. The van der Waals surface area contributed by atoms with E-state index in [0.29, 0.717) is 12.8 Å². The first-order valence-electron chi connectivity index (χ1n) is 6.21. The van der Waals surface area contributed by atoms with Crippen molar-refractivity contribution >= 4 is 22.1 Å². The lowest BCUT2D eigenvalue weighted by Crippen LogP contribution is -2.25. The van der Waals surface area contributed by atoms with Crippen LogP contribution in [0.2, 0.25) is 0 Å². The predicted molar refractivity (Wildman–Crippen MR) is 76.6 cm³/mol. The predicted octanol–water partition coefficient (Wildman–Crippen LogP) is 1.12. The van der Waals surface area contributed by atoms with Gasteiger partial charge in [-0.1, -0.05) is 19.4 Å². The second kappa shape index (κ2) is 11.2. The molecule has 0 aliphatic carbocycles. The monoisotopic (exact) mass is 325 g/mol. The fourth-order valence-corrected chi connectivity index (χ4v) is 1.64. The average molecular weight is 325 g/mol. The van der Waals surface area contributed by atoms with Gasteiger partial charge in [-0.3, -0.25) is 9.35 Å². The summed E-state index contributed by atoms with van der Waals surface area (Å²) in [6.07, 6.45) is 3.88. The van der Waals surface area contributed by atoms with Crippen molar-refractivity contribution < 1.29 is 32.0 Å². The van der Waals surface area contributed by atoms with Crippen LogP contribution in [0.15, 0.2) is 12.2 Å². The number of ether oxygens (including phenoxy) is 2. The summed E-state index contributed by atoms with van der Waals surface area (Å²) in [6, 6.07) is 0. The fraction of sp³-hybridized carbons (Fsp3) is 0.667. The molecule has 0 spiro atoms. The van der Waals surface area contributed by atoms with Crippen molar-refractivity contribution in [2.24, 2.45) is 5.92 Å². The van der Waals surface area contributed by atoms with Gasteiger partial charge in [0.2, 0.25) is 0 Å². The maximum absolute atomic E-state index is 11.7. The van der Waals surface area contributed by atoms with E-state index >= 15 is 0 Å². The van der Waals surface area contributed by atoms with Crippen LogP contribution in [-0.4, -0.2) is 43.9 Å². The van der Waals surface area contributed by atoms with Crippen molar-refractivity contribution in [1.29, 1.82) is 0 Å². The molecule has 0 fully saturated rings. The van der Waals surface area contributed by atoms with Crippen LogP contribution in [0.25, 0.3) is 0 Å². The van der Waals surface area contributed by atoms with Gasteiger partial charge in [0.15, 0.2) is 0 Å². The van der Waals surface area contributed by atoms with E-state index < -0.39 is 40.3 Å². The molecule has 0 aromatic rings. The number of hydrogen-bond acceptors (Lipinski definition) is 7. The first-order valence-corrected chi connectivity index (χ1v) is 7.82. The van der Waals surface area contributed by atoms with Gasteiger partial charge in [0.1, 0.15) is 19.0 Å². The van der Waals surface area contributed by atoms with Gasteiger partial charge in [-0.05, 0) is 13.3 Å². The molecule has 0 amide bonds. The molecule has 0 heterocycles. The molecule has 124 valence electrons. The van der Waals surface area contributed by atoms with E-state index in [0.717, 1.165) is 0 Å². The van der Waals surface area contributed by atoms with E-state index in [1.807, 2.05) is 6.92 Å². The van der Waals surface area contributed by atoms with Crippen LogP contribution < -0.4 is 6.15 Å². The van der Waals surface area contributed by atoms with Crippen LogP contribution in [0, 0.1) is 5.92 Å². The van der Waals surface area contributed by atoms with Crippen LogP contribution in [0.4, 0.5) is 0 Å². The lowest BCUT2D eigenvalue weighted by Gasteiger charge is -2.14. The molecule has 0 radical (unpaired) electrons. The second-order valence-electron chi connectivity index (χ2n) is 4.07. The summed E-state index contributed by atoms with van der Waals surface area (Å²) >= 11 is 0. The van der Waals surface area contributed by atoms with E-state index in [2.05, 4.69) is 0 Å². The highest BCUT2D eigenvalue weighted by Crippen LogP contribution is 2.10. The van der Waals surface area contributed by atoms with Gasteiger partial charge < -0.3 is 15.6 Å². The Morgan fingerprint density at radius 2 is 1.90 bits per heavy atom. The van der Waals surface area contributed by atoms with Crippen molar-refractivity contribution in [3.05, 3.63) is 12.2 Å². The minimum Gasteiger partial charge on any atom is -0.464 e. The van der Waals surface area contributed by atoms with E-state index in [4.69, 9.17) is 14.0 Å². The van der Waals surface area contributed by atoms with Gasteiger partial charge in [0.05, 0.1) is 5.92 Å². The van der Waals surface area contributed by atoms with Crippen LogP contribution in [0.5, 0.6) is 0 Å². The van der Waals surface area contributed by atoms with Crippen LogP contribution in [0.1, 0.15) is 26.7 Å². The number of carbonyl (C=O) groups is 2. The smallest absolute Gasteiger partial charge is 0.330 e. The molecule has 0 bridgehead atoms. The third-order valence-electron chi connectivity index (χ3n) is 2.29. The number of carbonyl (C=O) groups excluding carboxylic acids is 2. The van der Waals surface area contributed by atoms with Gasteiger partial charge in [-0.25, -0.2) is 4.79 Å². The third-order valence-corrected chi connectivity index (χ3v) is 2.97. The lowest BCUT2D eigenvalue weighted by atomic mass is 10.1. The largest absolute Gasteiger partial charge is 0.464 e. The Morgan fingerprint density at radius 3 is 2.38 bits per heavy atom. The van der Waals surface area contributed by atoms with Gasteiger partial charge in [-0.15, -0.1) is 0 Å². The van der Waals surface area contributed by atoms with Crippen LogP contribution in [0.3, 0.4) is 0 Å². The normalized spacial score (nSPS) is 12.5. The molecule has 0 aliphatic rings. The summed E-state index contributed by atoms with van der Waals surface area (Å²) in [6.45, 7) is 2.96. The maximum atomic E-state index is 11.7. The molecule has 4 N–H and O–H groups in total. The van der Waals surface area contributed by atoms with Crippen molar-refractivity contribution in [1.82, 2.24) is 6.15 Å². The topological polar surface area (TPSA) is 142 Å². The molecule has 0 aliphatic heterocycles. The molecule has 0 aromatic heterocycles. The van der Waals surface area contributed by atoms with E-state index in [1.54, 1.807) is 6.92 Å². The quantitative estimate of drug-likeness (QED) is 0.365. The summed E-state index contributed by atoms with van der Waals surface area (Å²) in [4.78, 5) is 22.8. The maximum Gasteiger partial charge on any atom is 0.330 e. The summed E-state index contributed by atoms with van der Waals surface area (Å²) < 4.78 is 39.1. The van der Waals surface area contributed by atoms with Crippen LogP contribution in [-0.2, 0) is 29.2 Å². The van der Waals surface area contributed by atoms with Crippen molar-refractivity contribution in [3.8, 4) is 0 Å². The summed E-state index contributed by atoms with van der Waals surface area (Å²) in [5.74, 6) is -2.51. The zero-order valence-corrected chi connectivity index (χ0v) is 13.1. The standard InChI is InChI=1S/C12H20O7S.H3N/c1-3-5-10(9-19-11(13)6-4-2)12(14)18-7-8-20(15,16)17;/h4,6,10H,3,5,7-9H2,1-2H3,(H,15,16,17);1H3. The van der Waals surface area contributed by atoms with Crippen molar-refractivity contribution in [3.63, 3.8) is 0 Å². The van der Waals surface area contributed by atoms with E-state index in [1.165, 1.54) is 12.2 Å². The molecule has 0 rings (SSSR count). The molecule has 21 heavy (non-hydrogen) atoms. The molecule has 1 atom stereocenters. The molecule has 8 nitrogen and oxygen atoms in total. The molecule has 1 unspecified atom stereocenters. The van der Waals surface area contributed by atoms with Crippen molar-refractivity contribution in [2.45, 2.75) is 26.7 Å². The Bertz CT molecular complexity index is 445. The summed E-state index contributed by atoms with van der Waals surface area (Å²) in [5.41, 5.74) is 0. The highest BCUT2D eigenvalue weighted by atomic mass is 32.2. The highest BCUT2D eigenvalue weighted by molar-refractivity contribution is 7.85. The summed E-state index contributed by atoms with van der Waals surface area (Å²) in [7, 11) is -4.16. The molecular formula is C12H23NO7S. The molecular weight excluding hydrogens is 302 g/mol. The van der Waals surface area contributed by atoms with Gasteiger partial charge in [0.25, 0.3) is 10.1 Å². The Morgan fingerprint density at radius 1 is 1.29 bits per heavy atom. The lowest BCUT2D eigenvalue weighted by molar-refractivity contribution is -0.153. The average Bonchev–Trinajstić information content (AvgIpc) is 2.33. The Labute approximate surface area is 124 Å². The zero-order valence-electron chi connectivity index (χ0n) is 12.3. The number of rotatable bonds is 9. The highest BCUT2D eigenvalue weighted by Gasteiger charge is 2.21. The van der Waals surface area contributed by atoms with E-state index in [-0.39, 0.29) is 12.8 Å². The molecule has 9 heteroatoms. The SMILES string of the molecule is CC=CC(=O)OCC(CCC)C(=O)OCCS(=O)(=O)O.N.